The number of amides is 1. The quantitative estimate of drug-likeness (QED) is 0.835. The summed E-state index contributed by atoms with van der Waals surface area (Å²) in [5.74, 6) is 0.0624. The molecule has 5 nitrogen and oxygen atoms in total. The van der Waals surface area contributed by atoms with Crippen LogP contribution in [0.3, 0.4) is 0 Å². The Hall–Kier alpha value is -1.76. The Balaban J connectivity index is 1.73. The van der Waals surface area contributed by atoms with Gasteiger partial charge in [0, 0.05) is 24.7 Å². The van der Waals surface area contributed by atoms with Crippen molar-refractivity contribution in [1.29, 1.82) is 0 Å². The molecule has 1 atom stereocenters. The molecule has 0 saturated carbocycles. The molecule has 0 bridgehead atoms. The van der Waals surface area contributed by atoms with E-state index in [1.54, 1.807) is 11.1 Å². The number of hydrogen-bond acceptors (Lipinski definition) is 5. The predicted octanol–water partition coefficient (Wildman–Crippen LogP) is 2.36. The summed E-state index contributed by atoms with van der Waals surface area (Å²) in [6.07, 6.45) is 2.14. The number of carbonyl (C=O) groups excluding carboxylic acids is 1. The molecule has 2 aromatic rings. The van der Waals surface area contributed by atoms with Gasteiger partial charge in [0.2, 0.25) is 5.91 Å². The molecule has 128 valence electrons. The summed E-state index contributed by atoms with van der Waals surface area (Å²) >= 11 is 1.49. The van der Waals surface area contributed by atoms with E-state index in [0.717, 1.165) is 23.8 Å². The molecule has 1 aliphatic heterocycles. The lowest BCUT2D eigenvalue weighted by Gasteiger charge is -2.33. The number of benzene rings is 1. The number of carbonyl (C=O) groups is 1. The van der Waals surface area contributed by atoms with Crippen molar-refractivity contribution in [3.8, 4) is 0 Å². The Kier molecular flexibility index (Phi) is 5.60. The number of aromatic nitrogens is 1. The molecule has 0 N–H and O–H groups in total. The SMILES string of the molecule is Cc1cccc(CC(=O)N(CC2CN(C)CCO2)c2nccs2)c1. The summed E-state index contributed by atoms with van der Waals surface area (Å²) in [5, 5.41) is 2.64. The normalized spacial score (nSPS) is 18.5. The highest BCUT2D eigenvalue weighted by atomic mass is 32.1. The van der Waals surface area contributed by atoms with Crippen LogP contribution in [-0.2, 0) is 16.0 Å². The standard InChI is InChI=1S/C18H23N3O2S/c1-14-4-3-5-15(10-14)11-17(22)21(18-19-6-9-24-18)13-16-12-20(2)7-8-23-16/h3-6,9-10,16H,7-8,11-13H2,1-2H3. The maximum absolute atomic E-state index is 12.9. The van der Waals surface area contributed by atoms with Gasteiger partial charge in [-0.15, -0.1) is 11.3 Å². The largest absolute Gasteiger partial charge is 0.374 e. The van der Waals surface area contributed by atoms with Gasteiger partial charge in [0.25, 0.3) is 0 Å². The molecule has 1 unspecified atom stereocenters. The second-order valence-corrected chi connectivity index (χ2v) is 7.11. The fourth-order valence-electron chi connectivity index (χ4n) is 2.91. The van der Waals surface area contributed by atoms with Crippen LogP contribution in [0.4, 0.5) is 5.13 Å². The van der Waals surface area contributed by atoms with Gasteiger partial charge in [-0.25, -0.2) is 4.98 Å². The van der Waals surface area contributed by atoms with E-state index in [0.29, 0.717) is 19.6 Å². The van der Waals surface area contributed by atoms with Gasteiger partial charge in [-0.2, -0.15) is 0 Å². The predicted molar refractivity (Wildman–Crippen MR) is 96.6 cm³/mol. The zero-order chi connectivity index (χ0) is 16.9. The smallest absolute Gasteiger partial charge is 0.233 e. The topological polar surface area (TPSA) is 45.7 Å². The van der Waals surface area contributed by atoms with E-state index >= 15 is 0 Å². The number of thiazole rings is 1. The van der Waals surface area contributed by atoms with Crippen LogP contribution in [0.2, 0.25) is 0 Å². The molecule has 0 spiro atoms. The molecule has 0 radical (unpaired) electrons. The van der Waals surface area contributed by atoms with Crippen molar-refractivity contribution >= 4 is 22.4 Å². The van der Waals surface area contributed by atoms with Gasteiger partial charge in [0.1, 0.15) is 0 Å². The van der Waals surface area contributed by atoms with Gasteiger partial charge >= 0.3 is 0 Å². The lowest BCUT2D eigenvalue weighted by atomic mass is 10.1. The number of nitrogens with zero attached hydrogens (tertiary/aromatic N) is 3. The van der Waals surface area contributed by atoms with Gasteiger partial charge in [-0.1, -0.05) is 29.8 Å². The molecule has 3 rings (SSSR count). The summed E-state index contributed by atoms with van der Waals surface area (Å²) in [4.78, 5) is 21.2. The van der Waals surface area contributed by atoms with Crippen LogP contribution in [-0.4, -0.2) is 55.2 Å². The summed E-state index contributed by atoms with van der Waals surface area (Å²) < 4.78 is 5.84. The van der Waals surface area contributed by atoms with Gasteiger partial charge < -0.3 is 9.64 Å². The minimum absolute atomic E-state index is 0.0223. The number of rotatable bonds is 5. The van der Waals surface area contributed by atoms with Crippen LogP contribution in [0.25, 0.3) is 0 Å². The summed E-state index contributed by atoms with van der Waals surface area (Å²) in [6.45, 7) is 5.06. The van der Waals surface area contributed by atoms with Crippen molar-refractivity contribution in [3.63, 3.8) is 0 Å². The number of anilines is 1. The molecule has 24 heavy (non-hydrogen) atoms. The van der Waals surface area contributed by atoms with Crippen molar-refractivity contribution < 1.29 is 9.53 Å². The zero-order valence-electron chi connectivity index (χ0n) is 14.1. The van der Waals surface area contributed by atoms with Crippen LogP contribution in [0.15, 0.2) is 35.8 Å². The third-order valence-corrected chi connectivity index (χ3v) is 4.91. The molecular formula is C18H23N3O2S. The van der Waals surface area contributed by atoms with Crippen LogP contribution < -0.4 is 4.90 Å². The Bertz CT molecular complexity index is 675. The maximum atomic E-state index is 12.9. The van der Waals surface area contributed by atoms with Crippen molar-refractivity contribution in [2.45, 2.75) is 19.4 Å². The second-order valence-electron chi connectivity index (χ2n) is 6.24. The minimum atomic E-state index is 0.0223. The van der Waals surface area contributed by atoms with Gasteiger partial charge in [-0.3, -0.25) is 9.69 Å². The first-order valence-corrected chi connectivity index (χ1v) is 9.05. The fraction of sp³-hybridized carbons (Fsp3) is 0.444. The number of aryl methyl sites for hydroxylation is 1. The molecule has 1 amide bonds. The molecule has 2 heterocycles. The van der Waals surface area contributed by atoms with Crippen molar-refractivity contribution in [3.05, 3.63) is 47.0 Å². The number of hydrogen-bond donors (Lipinski definition) is 0. The number of ether oxygens (including phenoxy) is 1. The molecule has 0 aliphatic carbocycles. The maximum Gasteiger partial charge on any atom is 0.233 e. The Morgan fingerprint density at radius 2 is 2.38 bits per heavy atom. The first kappa shape index (κ1) is 17.1. The van der Waals surface area contributed by atoms with E-state index in [-0.39, 0.29) is 12.0 Å². The highest BCUT2D eigenvalue weighted by molar-refractivity contribution is 7.13. The first-order valence-electron chi connectivity index (χ1n) is 8.17. The minimum Gasteiger partial charge on any atom is -0.374 e. The summed E-state index contributed by atoms with van der Waals surface area (Å²) in [5.41, 5.74) is 2.20. The monoisotopic (exact) mass is 345 g/mol. The summed E-state index contributed by atoms with van der Waals surface area (Å²) in [7, 11) is 2.08. The highest BCUT2D eigenvalue weighted by Crippen LogP contribution is 2.20. The van der Waals surface area contributed by atoms with Crippen LogP contribution in [0.1, 0.15) is 11.1 Å². The van der Waals surface area contributed by atoms with E-state index in [1.165, 1.54) is 16.9 Å². The van der Waals surface area contributed by atoms with Crippen molar-refractivity contribution in [2.24, 2.45) is 0 Å². The molecule has 1 saturated heterocycles. The van der Waals surface area contributed by atoms with Crippen LogP contribution in [0, 0.1) is 6.92 Å². The van der Waals surface area contributed by atoms with E-state index < -0.39 is 0 Å². The Morgan fingerprint density at radius 1 is 1.50 bits per heavy atom. The third kappa shape index (κ3) is 4.41. The van der Waals surface area contributed by atoms with Gasteiger partial charge in [-0.05, 0) is 19.5 Å². The van der Waals surface area contributed by atoms with E-state index in [9.17, 15) is 4.79 Å². The molecule has 1 aliphatic rings. The molecular weight excluding hydrogens is 322 g/mol. The molecule has 1 fully saturated rings. The van der Waals surface area contributed by atoms with Crippen molar-refractivity contribution in [1.82, 2.24) is 9.88 Å². The molecule has 1 aromatic heterocycles. The third-order valence-electron chi connectivity index (χ3n) is 4.12. The average molecular weight is 345 g/mol. The number of morpholine rings is 1. The molecule has 6 heteroatoms. The Morgan fingerprint density at radius 3 is 3.08 bits per heavy atom. The van der Waals surface area contributed by atoms with Crippen molar-refractivity contribution in [2.75, 3.05) is 38.2 Å². The van der Waals surface area contributed by atoms with Crippen LogP contribution >= 0.6 is 11.3 Å². The second kappa shape index (κ2) is 7.88. The van der Waals surface area contributed by atoms with E-state index in [2.05, 4.69) is 23.0 Å². The van der Waals surface area contributed by atoms with E-state index in [1.807, 2.05) is 30.5 Å². The number of likely N-dealkylation sites (N-methyl/N-ethyl adjacent to an activating group) is 1. The lowest BCUT2D eigenvalue weighted by molar-refractivity contribution is -0.118. The average Bonchev–Trinajstić information content (AvgIpc) is 3.06. The van der Waals surface area contributed by atoms with Gasteiger partial charge in [0.15, 0.2) is 5.13 Å². The Labute approximate surface area is 146 Å². The van der Waals surface area contributed by atoms with Gasteiger partial charge in [0.05, 0.1) is 25.7 Å². The van der Waals surface area contributed by atoms with Crippen LogP contribution in [0.5, 0.6) is 0 Å². The lowest BCUT2D eigenvalue weighted by Crippen LogP contribution is -2.48. The zero-order valence-corrected chi connectivity index (χ0v) is 15.0. The first-order chi connectivity index (χ1) is 11.6. The highest BCUT2D eigenvalue weighted by Gasteiger charge is 2.26. The fourth-order valence-corrected chi connectivity index (χ4v) is 3.58. The summed E-state index contributed by atoms with van der Waals surface area (Å²) in [6, 6.07) is 8.09. The van der Waals surface area contributed by atoms with E-state index in [4.69, 9.17) is 4.74 Å². The molecule has 1 aromatic carbocycles.